The van der Waals surface area contributed by atoms with E-state index in [2.05, 4.69) is 79.7 Å². The summed E-state index contributed by atoms with van der Waals surface area (Å²) in [5, 5.41) is 8.14. The smallest absolute Gasteiger partial charge is 0.137 e. The van der Waals surface area contributed by atoms with Crippen LogP contribution in [-0.4, -0.2) is 43.1 Å². The van der Waals surface area contributed by atoms with Gasteiger partial charge in [-0.3, -0.25) is 15.0 Å². The predicted molar refractivity (Wildman–Crippen MR) is 139 cm³/mol. The van der Waals surface area contributed by atoms with Gasteiger partial charge in [0.2, 0.25) is 0 Å². The average molecular weight is 461 g/mol. The van der Waals surface area contributed by atoms with Crippen molar-refractivity contribution in [1.29, 1.82) is 0 Å². The van der Waals surface area contributed by atoms with Crippen LogP contribution in [0.1, 0.15) is 35.8 Å². The molecular weight excluding hydrogens is 432 g/mol. The Labute approximate surface area is 205 Å². The van der Waals surface area contributed by atoms with E-state index < -0.39 is 0 Å². The zero-order valence-electron chi connectivity index (χ0n) is 19.9. The maximum Gasteiger partial charge on any atom is 0.137 e. The van der Waals surface area contributed by atoms with Gasteiger partial charge in [-0.25, -0.2) is 9.97 Å². The number of fused-ring (bicyclic) bond motifs is 1. The summed E-state index contributed by atoms with van der Waals surface area (Å²) in [5.74, 6) is 1.52. The molecule has 1 aliphatic heterocycles. The van der Waals surface area contributed by atoms with E-state index >= 15 is 0 Å². The molecule has 0 saturated carbocycles. The summed E-state index contributed by atoms with van der Waals surface area (Å²) in [6.07, 6.45) is 5.67. The molecular formula is C29H28N6. The highest BCUT2D eigenvalue weighted by atomic mass is 15.2. The number of hydrogen-bond donors (Lipinski definition) is 1. The molecule has 1 fully saturated rings. The molecule has 0 spiro atoms. The maximum atomic E-state index is 5.10. The number of likely N-dealkylation sites (tertiary alicyclic amines) is 1. The van der Waals surface area contributed by atoms with Gasteiger partial charge in [0.05, 0.1) is 11.2 Å². The number of piperidine rings is 1. The zero-order chi connectivity index (χ0) is 23.6. The van der Waals surface area contributed by atoms with Crippen molar-refractivity contribution in [2.24, 2.45) is 0 Å². The van der Waals surface area contributed by atoms with Crippen molar-refractivity contribution < 1.29 is 0 Å². The van der Waals surface area contributed by atoms with Crippen LogP contribution >= 0.6 is 0 Å². The Balaban J connectivity index is 1.25. The van der Waals surface area contributed by atoms with Crippen LogP contribution in [0.3, 0.4) is 0 Å². The lowest BCUT2D eigenvalue weighted by Gasteiger charge is -2.30. The highest BCUT2D eigenvalue weighted by molar-refractivity contribution is 5.92. The largest absolute Gasteiger partial charge is 0.299 e. The fourth-order valence-electron chi connectivity index (χ4n) is 5.09. The van der Waals surface area contributed by atoms with Crippen LogP contribution in [0.15, 0.2) is 79.3 Å². The van der Waals surface area contributed by atoms with Crippen molar-refractivity contribution in [2.75, 3.05) is 13.1 Å². The molecule has 174 valence electrons. The molecule has 1 N–H and O–H groups in total. The lowest BCUT2D eigenvalue weighted by molar-refractivity contribution is 0.202. The van der Waals surface area contributed by atoms with Gasteiger partial charge in [-0.1, -0.05) is 54.6 Å². The Bertz CT molecular complexity index is 1420. The Morgan fingerprint density at radius 1 is 0.914 bits per heavy atom. The highest BCUT2D eigenvalue weighted by Gasteiger charge is 2.22. The van der Waals surface area contributed by atoms with Gasteiger partial charge in [0.1, 0.15) is 12.2 Å². The van der Waals surface area contributed by atoms with Gasteiger partial charge in [0.25, 0.3) is 0 Å². The van der Waals surface area contributed by atoms with Crippen molar-refractivity contribution in [2.45, 2.75) is 32.2 Å². The van der Waals surface area contributed by atoms with Gasteiger partial charge in [-0.05, 0) is 56.1 Å². The van der Waals surface area contributed by atoms with Crippen LogP contribution in [-0.2, 0) is 6.54 Å². The lowest BCUT2D eigenvalue weighted by atomic mass is 9.95. The van der Waals surface area contributed by atoms with Gasteiger partial charge in [-0.2, -0.15) is 5.10 Å². The molecule has 0 radical (unpaired) electrons. The normalized spacial score (nSPS) is 15.0. The van der Waals surface area contributed by atoms with Crippen LogP contribution < -0.4 is 0 Å². The van der Waals surface area contributed by atoms with E-state index in [-0.39, 0.29) is 0 Å². The first-order valence-corrected chi connectivity index (χ1v) is 12.2. The number of rotatable bonds is 5. The van der Waals surface area contributed by atoms with Gasteiger partial charge in [0, 0.05) is 40.9 Å². The van der Waals surface area contributed by atoms with Crippen LogP contribution in [0.25, 0.3) is 33.3 Å². The van der Waals surface area contributed by atoms with Crippen molar-refractivity contribution in [1.82, 2.24) is 30.0 Å². The summed E-state index contributed by atoms with van der Waals surface area (Å²) in [7, 11) is 0. The third-order valence-electron chi connectivity index (χ3n) is 7.07. The molecule has 1 aliphatic rings. The van der Waals surface area contributed by atoms with E-state index in [1.807, 2.05) is 25.3 Å². The number of aromatic nitrogens is 5. The molecule has 0 amide bonds. The fourth-order valence-corrected chi connectivity index (χ4v) is 5.09. The molecule has 35 heavy (non-hydrogen) atoms. The second-order valence-corrected chi connectivity index (χ2v) is 9.33. The first-order chi connectivity index (χ1) is 17.2. The molecule has 3 aromatic heterocycles. The molecule has 5 aromatic rings. The standard InChI is InChI=1S/C29H28N6/c1-20-25-17-26(22-5-3-2-4-6-22)28(33-27(25)11-14-30-20)23-9-7-21(8-10-23)18-35-15-12-24(13-16-35)29-31-19-32-34-29/h2-11,14,17,19,24H,12-13,15-16,18H2,1H3,(H,31,32,34). The molecule has 0 bridgehead atoms. The molecule has 6 nitrogen and oxygen atoms in total. The number of aromatic amines is 1. The number of H-pyrrole nitrogens is 1. The minimum Gasteiger partial charge on any atom is -0.299 e. The highest BCUT2D eigenvalue weighted by Crippen LogP contribution is 2.34. The Morgan fingerprint density at radius 2 is 1.71 bits per heavy atom. The number of aryl methyl sites for hydroxylation is 1. The molecule has 6 heteroatoms. The molecule has 0 unspecified atom stereocenters. The van der Waals surface area contributed by atoms with E-state index in [9.17, 15) is 0 Å². The van der Waals surface area contributed by atoms with Gasteiger partial charge < -0.3 is 0 Å². The molecule has 0 aliphatic carbocycles. The summed E-state index contributed by atoms with van der Waals surface area (Å²) in [5.41, 5.74) is 7.75. The minimum absolute atomic E-state index is 0.491. The summed E-state index contributed by atoms with van der Waals surface area (Å²) in [6.45, 7) is 5.16. The second kappa shape index (κ2) is 9.39. The first-order valence-electron chi connectivity index (χ1n) is 12.2. The number of nitrogens with zero attached hydrogens (tertiary/aromatic N) is 5. The van der Waals surface area contributed by atoms with Crippen molar-refractivity contribution in [3.05, 3.63) is 96.3 Å². The van der Waals surface area contributed by atoms with Crippen molar-refractivity contribution in [3.63, 3.8) is 0 Å². The number of benzene rings is 2. The monoisotopic (exact) mass is 460 g/mol. The zero-order valence-corrected chi connectivity index (χ0v) is 19.9. The van der Waals surface area contributed by atoms with Gasteiger partial charge in [-0.15, -0.1) is 0 Å². The van der Waals surface area contributed by atoms with E-state index in [1.54, 1.807) is 6.33 Å². The third-order valence-corrected chi connectivity index (χ3v) is 7.07. The van der Waals surface area contributed by atoms with Crippen LogP contribution in [0.5, 0.6) is 0 Å². The SMILES string of the molecule is Cc1nccc2nc(-c3ccc(CN4CCC(c5ncn[nH]5)CC4)cc3)c(-c3ccccc3)cc12. The Hall–Kier alpha value is -3.90. The summed E-state index contributed by atoms with van der Waals surface area (Å²) in [6, 6.07) is 23.7. The van der Waals surface area contributed by atoms with Crippen molar-refractivity contribution >= 4 is 10.9 Å². The molecule has 0 atom stereocenters. The third kappa shape index (κ3) is 4.45. The van der Waals surface area contributed by atoms with E-state index in [0.29, 0.717) is 5.92 Å². The lowest BCUT2D eigenvalue weighted by Crippen LogP contribution is -2.32. The van der Waals surface area contributed by atoms with Gasteiger partial charge in [0.15, 0.2) is 0 Å². The summed E-state index contributed by atoms with van der Waals surface area (Å²) in [4.78, 5) is 16.4. The van der Waals surface area contributed by atoms with Gasteiger partial charge >= 0.3 is 0 Å². The minimum atomic E-state index is 0.491. The second-order valence-electron chi connectivity index (χ2n) is 9.33. The first kappa shape index (κ1) is 21.6. The topological polar surface area (TPSA) is 70.6 Å². The van der Waals surface area contributed by atoms with Crippen molar-refractivity contribution in [3.8, 4) is 22.4 Å². The van der Waals surface area contributed by atoms with E-state index in [4.69, 9.17) is 4.98 Å². The number of nitrogens with one attached hydrogen (secondary N) is 1. The quantitative estimate of drug-likeness (QED) is 0.361. The molecule has 6 rings (SSSR count). The molecule has 1 saturated heterocycles. The van der Waals surface area contributed by atoms with E-state index in [1.165, 1.54) is 11.1 Å². The van der Waals surface area contributed by atoms with Crippen LogP contribution in [0, 0.1) is 6.92 Å². The fraction of sp³-hybridized carbons (Fsp3) is 0.241. The number of hydrogen-bond acceptors (Lipinski definition) is 5. The molecule has 2 aromatic carbocycles. The van der Waals surface area contributed by atoms with Crippen LogP contribution in [0.4, 0.5) is 0 Å². The van der Waals surface area contributed by atoms with E-state index in [0.717, 1.165) is 71.7 Å². The maximum absolute atomic E-state index is 5.10. The Morgan fingerprint density at radius 3 is 2.46 bits per heavy atom. The summed E-state index contributed by atoms with van der Waals surface area (Å²) >= 11 is 0. The number of pyridine rings is 2. The average Bonchev–Trinajstić information content (AvgIpc) is 3.45. The summed E-state index contributed by atoms with van der Waals surface area (Å²) < 4.78 is 0. The Kier molecular flexibility index (Phi) is 5.80. The van der Waals surface area contributed by atoms with Crippen LogP contribution in [0.2, 0.25) is 0 Å². The molecule has 4 heterocycles. The predicted octanol–water partition coefficient (Wildman–Crippen LogP) is 5.77.